The summed E-state index contributed by atoms with van der Waals surface area (Å²) in [5.41, 5.74) is 13.6. The molecule has 0 unspecified atom stereocenters. The molecule has 0 amide bonds. The van der Waals surface area contributed by atoms with E-state index in [1.807, 2.05) is 152 Å². The summed E-state index contributed by atoms with van der Waals surface area (Å²) in [6, 6.07) is 73.9. The van der Waals surface area contributed by atoms with Crippen LogP contribution in [0.4, 0.5) is 0 Å². The van der Waals surface area contributed by atoms with E-state index in [0.29, 0.717) is 78.8 Å². The van der Waals surface area contributed by atoms with Crippen LogP contribution in [-0.2, 0) is 9.31 Å². The van der Waals surface area contributed by atoms with Gasteiger partial charge in [-0.3, -0.25) is 29.5 Å². The molecule has 482 valence electrons. The number of fused-ring (bicyclic) bond motifs is 4. The molecule has 1 saturated heterocycles. The van der Waals surface area contributed by atoms with Gasteiger partial charge >= 0.3 is 7.12 Å². The van der Waals surface area contributed by atoms with Crippen LogP contribution < -0.4 is 16.3 Å². The van der Waals surface area contributed by atoms with Crippen LogP contribution >= 0.6 is 15.9 Å². The number of benzene rings is 8. The molecule has 17 rings (SSSR count). The fraction of sp³-hybridized carbons (Fsp3) is 0.0732. The summed E-state index contributed by atoms with van der Waals surface area (Å²) in [5.74, 6) is 3.31. The van der Waals surface area contributed by atoms with Crippen LogP contribution in [0.15, 0.2) is 303 Å². The Bertz CT molecular complexity index is 5720. The molecule has 16 nitrogen and oxygen atoms in total. The van der Waals surface area contributed by atoms with Crippen molar-refractivity contribution in [2.45, 2.75) is 38.9 Å². The summed E-state index contributed by atoms with van der Waals surface area (Å²) in [7, 11) is -0.425. The lowest BCUT2D eigenvalue weighted by atomic mass is 9.78. The van der Waals surface area contributed by atoms with Gasteiger partial charge in [0.05, 0.1) is 32.7 Å². The lowest BCUT2D eigenvalue weighted by Crippen LogP contribution is -2.41. The Hall–Kier alpha value is -12.2. The molecule has 100 heavy (non-hydrogen) atoms. The van der Waals surface area contributed by atoms with Crippen molar-refractivity contribution in [3.63, 3.8) is 0 Å². The van der Waals surface area contributed by atoms with E-state index in [0.717, 1.165) is 76.7 Å². The quantitative estimate of drug-likeness (QED) is 0.0921. The first-order chi connectivity index (χ1) is 48.7. The number of para-hydroxylation sites is 2. The molecular weight excluding hydrogens is 1310 g/mol. The lowest BCUT2D eigenvalue weighted by Gasteiger charge is -2.32. The fourth-order valence-corrected chi connectivity index (χ4v) is 12.0. The van der Waals surface area contributed by atoms with Gasteiger partial charge in [-0.05, 0) is 188 Å². The van der Waals surface area contributed by atoms with E-state index >= 15 is 0 Å². The van der Waals surface area contributed by atoms with Gasteiger partial charge in [0.25, 0.3) is 0 Å². The van der Waals surface area contributed by atoms with Gasteiger partial charge in [0.1, 0.15) is 22.3 Å². The van der Waals surface area contributed by atoms with Crippen molar-refractivity contribution in [2.75, 3.05) is 0 Å². The normalized spacial score (nSPS) is 13.0. The first kappa shape index (κ1) is 63.8. The molecule has 1 aliphatic heterocycles. The molecule has 0 spiro atoms. The van der Waals surface area contributed by atoms with Crippen LogP contribution in [0.1, 0.15) is 27.7 Å². The molecule has 18 heteroatoms. The third-order valence-corrected chi connectivity index (χ3v) is 18.1. The molecule has 1 aliphatic rings. The van der Waals surface area contributed by atoms with Gasteiger partial charge in [0.2, 0.25) is 10.9 Å². The molecule has 8 aromatic heterocycles. The van der Waals surface area contributed by atoms with E-state index in [4.69, 9.17) is 48.0 Å². The maximum atomic E-state index is 13.3. The van der Waals surface area contributed by atoms with Gasteiger partial charge in [-0.15, -0.1) is 0 Å². The van der Waals surface area contributed by atoms with Crippen LogP contribution in [0.25, 0.3) is 146 Å². The second-order valence-corrected chi connectivity index (χ2v) is 25.7. The molecular formula is C82H58BBrN10O6. The number of hydrogen-bond acceptors (Lipinski definition) is 16. The number of pyridine rings is 4. The van der Waals surface area contributed by atoms with Gasteiger partial charge in [-0.2, -0.15) is 0 Å². The Balaban J connectivity index is 0.000000134. The lowest BCUT2D eigenvalue weighted by molar-refractivity contribution is 0.00578. The van der Waals surface area contributed by atoms with Crippen molar-refractivity contribution >= 4 is 72.4 Å². The minimum absolute atomic E-state index is 0.0122. The Morgan fingerprint density at radius 3 is 1.03 bits per heavy atom. The molecule has 0 N–H and O–H groups in total. The number of rotatable bonds is 10. The zero-order chi connectivity index (χ0) is 68.3. The van der Waals surface area contributed by atoms with Gasteiger partial charge in [0.15, 0.2) is 34.9 Å². The molecule has 0 atom stereocenters. The van der Waals surface area contributed by atoms with Crippen molar-refractivity contribution in [2.24, 2.45) is 0 Å². The topological polar surface area (TPSA) is 208 Å². The summed E-state index contributed by atoms with van der Waals surface area (Å²) in [6.07, 6.45) is 13.9. The molecule has 16 aromatic rings. The van der Waals surface area contributed by atoms with Crippen LogP contribution in [0.3, 0.4) is 0 Å². The number of aromatic nitrogens is 10. The van der Waals surface area contributed by atoms with E-state index in [1.54, 1.807) is 79.9 Å². The number of halogens is 1. The maximum absolute atomic E-state index is 13.3. The maximum Gasteiger partial charge on any atom is 0.494 e. The van der Waals surface area contributed by atoms with E-state index in [9.17, 15) is 9.59 Å². The van der Waals surface area contributed by atoms with Gasteiger partial charge in [0, 0.05) is 87.4 Å². The van der Waals surface area contributed by atoms with E-state index in [-0.39, 0.29) is 10.9 Å². The van der Waals surface area contributed by atoms with Gasteiger partial charge < -0.3 is 18.1 Å². The molecule has 1 fully saturated rings. The average Bonchev–Trinajstić information content (AvgIpc) is 1.49. The monoisotopic (exact) mass is 1370 g/mol. The van der Waals surface area contributed by atoms with Crippen molar-refractivity contribution in [1.29, 1.82) is 0 Å². The van der Waals surface area contributed by atoms with Crippen LogP contribution in [0.2, 0.25) is 0 Å². The highest BCUT2D eigenvalue weighted by atomic mass is 79.9. The summed E-state index contributed by atoms with van der Waals surface area (Å²) in [4.78, 5) is 71.2. The Labute approximate surface area is 582 Å². The average molecular weight is 1370 g/mol. The summed E-state index contributed by atoms with van der Waals surface area (Å²) in [5, 5.41) is 2.35. The fourth-order valence-electron chi connectivity index (χ4n) is 11.7. The minimum atomic E-state index is -0.425. The molecule has 0 bridgehead atoms. The molecule has 0 radical (unpaired) electrons. The van der Waals surface area contributed by atoms with Crippen molar-refractivity contribution in [1.82, 2.24) is 49.8 Å². The second kappa shape index (κ2) is 27.4. The van der Waals surface area contributed by atoms with E-state index in [1.165, 1.54) is 0 Å². The van der Waals surface area contributed by atoms with Gasteiger partial charge in [-0.25, -0.2) is 29.9 Å². The van der Waals surface area contributed by atoms with Crippen molar-refractivity contribution in [3.8, 4) is 102 Å². The smallest absolute Gasteiger partial charge is 0.456 e. The summed E-state index contributed by atoms with van der Waals surface area (Å²) < 4.78 is 25.1. The molecule has 8 aromatic carbocycles. The third-order valence-electron chi connectivity index (χ3n) is 17.6. The largest absolute Gasteiger partial charge is 0.494 e. The van der Waals surface area contributed by atoms with E-state index < -0.39 is 18.3 Å². The van der Waals surface area contributed by atoms with Crippen LogP contribution in [0.5, 0.6) is 0 Å². The SMILES string of the molecule is CC1(C)OB(c2cccc(-c3cccc(-c4nc(-c5cccnc5)nc(-c5cccnc5)n4)c3)c2)OC1(C)C.O=c1c2ccccc2oc2ccc(-c3cccc(-c4cccc(-c5nc(-c6cccnc6)nc(-c6cccnc6)n5)c4)c3)cc12.O=c1c2ccccc2oc2ccc(Br)cc12. The van der Waals surface area contributed by atoms with Crippen LogP contribution in [0, 0.1) is 0 Å². The standard InChI is InChI=1S/C38H23N5O2.C31H28BN5O2.C13H7BrO2/c44-35-31-13-1-2-14-33(31)45-34-16-15-27(21-32(34)35)25-8-3-7-24(19-25)26-9-4-10-28(20-26)36-41-37(29-11-5-17-39-22-29)43-38(42-36)30-12-6-18-40-23-30;1-30(2)31(3,4)39-32(38-30)26-14-6-10-22(18-26)21-9-5-11-23(17-21)27-35-28(24-12-7-15-33-19-24)37-29(36-27)25-13-8-16-34-20-25;14-8-5-6-12-10(7-8)13(15)9-3-1-2-4-11(9)16-12/h1-23H;5-20H,1-4H3;1-7H. The first-order valence-corrected chi connectivity index (χ1v) is 33.0. The third kappa shape index (κ3) is 13.4. The molecule has 0 aliphatic carbocycles. The number of hydrogen-bond donors (Lipinski definition) is 0. The van der Waals surface area contributed by atoms with Crippen molar-refractivity contribution < 1.29 is 18.1 Å². The second-order valence-electron chi connectivity index (χ2n) is 24.7. The van der Waals surface area contributed by atoms with Crippen LogP contribution in [-0.4, -0.2) is 68.2 Å². The number of nitrogens with zero attached hydrogens (tertiary/aromatic N) is 10. The zero-order valence-electron chi connectivity index (χ0n) is 54.4. The molecule has 0 saturated carbocycles. The van der Waals surface area contributed by atoms with E-state index in [2.05, 4.69) is 112 Å². The summed E-state index contributed by atoms with van der Waals surface area (Å²) >= 11 is 3.35. The predicted octanol–water partition coefficient (Wildman–Crippen LogP) is 17.6. The molecule has 9 heterocycles. The zero-order valence-corrected chi connectivity index (χ0v) is 56.0. The Morgan fingerprint density at radius 2 is 0.620 bits per heavy atom. The predicted molar refractivity (Wildman–Crippen MR) is 397 cm³/mol. The Morgan fingerprint density at radius 1 is 0.300 bits per heavy atom. The summed E-state index contributed by atoms with van der Waals surface area (Å²) in [6.45, 7) is 8.26. The first-order valence-electron chi connectivity index (χ1n) is 32.2. The van der Waals surface area contributed by atoms with Crippen molar-refractivity contribution in [3.05, 3.63) is 305 Å². The Kier molecular flexibility index (Phi) is 17.5. The highest BCUT2D eigenvalue weighted by Crippen LogP contribution is 2.38. The highest BCUT2D eigenvalue weighted by Gasteiger charge is 2.51. The van der Waals surface area contributed by atoms with Gasteiger partial charge in [-0.1, -0.05) is 125 Å². The minimum Gasteiger partial charge on any atom is -0.456 e. The highest BCUT2D eigenvalue weighted by molar-refractivity contribution is 9.10.